The summed E-state index contributed by atoms with van der Waals surface area (Å²) < 4.78 is 0. The standard InChI is InChI=1S/C12H14ClN3O/c1-15-11(8-17)6-12(14)16-7-9-3-2-4-10(13)5-9/h2-5,8H,6-7H2,1H3,(H2,14,16). The van der Waals surface area contributed by atoms with Crippen molar-refractivity contribution in [2.45, 2.75) is 13.0 Å². The van der Waals surface area contributed by atoms with Crippen molar-refractivity contribution in [2.75, 3.05) is 7.05 Å². The zero-order valence-electron chi connectivity index (χ0n) is 9.56. The molecule has 0 bridgehead atoms. The summed E-state index contributed by atoms with van der Waals surface area (Å²) in [5.74, 6) is 0.387. The first kappa shape index (κ1) is 13.4. The maximum Gasteiger partial charge on any atom is 0.164 e. The summed E-state index contributed by atoms with van der Waals surface area (Å²) >= 11 is 5.84. The Morgan fingerprint density at radius 3 is 2.88 bits per heavy atom. The van der Waals surface area contributed by atoms with E-state index in [9.17, 15) is 4.79 Å². The average molecular weight is 252 g/mol. The van der Waals surface area contributed by atoms with Crippen LogP contribution in [0.5, 0.6) is 0 Å². The molecule has 5 heteroatoms. The minimum Gasteiger partial charge on any atom is -0.387 e. The highest BCUT2D eigenvalue weighted by atomic mass is 35.5. The first-order chi connectivity index (χ1) is 8.15. The summed E-state index contributed by atoms with van der Waals surface area (Å²) in [4.78, 5) is 18.5. The molecule has 0 amide bonds. The Morgan fingerprint density at radius 2 is 2.29 bits per heavy atom. The summed E-state index contributed by atoms with van der Waals surface area (Å²) in [6, 6.07) is 7.39. The Hall–Kier alpha value is -1.68. The fraction of sp³-hybridized carbons (Fsp3) is 0.250. The SMILES string of the molecule is CN=C(C=O)CC(N)=NCc1cccc(Cl)c1. The molecular weight excluding hydrogens is 238 g/mol. The van der Waals surface area contributed by atoms with Crippen LogP contribution in [0.4, 0.5) is 0 Å². The monoisotopic (exact) mass is 251 g/mol. The molecule has 90 valence electrons. The molecule has 0 unspecified atom stereocenters. The van der Waals surface area contributed by atoms with Crippen molar-refractivity contribution in [3.05, 3.63) is 34.9 Å². The molecule has 0 spiro atoms. The Labute approximate surface area is 105 Å². The molecular formula is C12H14ClN3O. The van der Waals surface area contributed by atoms with Crippen LogP contribution in [0.15, 0.2) is 34.3 Å². The molecule has 0 atom stereocenters. The lowest BCUT2D eigenvalue weighted by molar-refractivity contribution is -0.102. The maximum atomic E-state index is 10.5. The fourth-order valence-corrected chi connectivity index (χ4v) is 1.46. The lowest BCUT2D eigenvalue weighted by atomic mass is 10.2. The number of nitrogens with two attached hydrogens (primary N) is 1. The predicted octanol–water partition coefficient (Wildman–Crippen LogP) is 1.86. The van der Waals surface area contributed by atoms with E-state index in [2.05, 4.69) is 9.98 Å². The molecule has 17 heavy (non-hydrogen) atoms. The number of halogens is 1. The summed E-state index contributed by atoms with van der Waals surface area (Å²) in [6.07, 6.45) is 0.961. The van der Waals surface area contributed by atoms with Crippen molar-refractivity contribution in [3.63, 3.8) is 0 Å². The number of carbonyl (C=O) groups is 1. The van der Waals surface area contributed by atoms with Gasteiger partial charge in [-0.2, -0.15) is 0 Å². The third kappa shape index (κ3) is 4.78. The van der Waals surface area contributed by atoms with Crippen LogP contribution in [0.2, 0.25) is 5.02 Å². The van der Waals surface area contributed by atoms with Gasteiger partial charge >= 0.3 is 0 Å². The second-order valence-electron chi connectivity index (χ2n) is 3.45. The van der Waals surface area contributed by atoms with Crippen LogP contribution in [-0.4, -0.2) is 24.9 Å². The molecule has 0 heterocycles. The number of nitrogens with zero attached hydrogens (tertiary/aromatic N) is 2. The van der Waals surface area contributed by atoms with Gasteiger partial charge in [-0.25, -0.2) is 0 Å². The number of benzene rings is 1. The Bertz CT molecular complexity index is 455. The van der Waals surface area contributed by atoms with E-state index in [1.165, 1.54) is 0 Å². The van der Waals surface area contributed by atoms with Crippen LogP contribution < -0.4 is 5.73 Å². The van der Waals surface area contributed by atoms with Gasteiger partial charge in [-0.1, -0.05) is 23.7 Å². The molecule has 0 radical (unpaired) electrons. The van der Waals surface area contributed by atoms with Crippen molar-refractivity contribution in [1.29, 1.82) is 0 Å². The summed E-state index contributed by atoms with van der Waals surface area (Å²) in [5.41, 5.74) is 7.05. The molecule has 1 rings (SSSR count). The largest absolute Gasteiger partial charge is 0.387 e. The summed E-state index contributed by atoms with van der Waals surface area (Å²) in [6.45, 7) is 0.447. The molecule has 0 saturated heterocycles. The number of carbonyl (C=O) groups excluding carboxylic acids is 1. The molecule has 0 aromatic heterocycles. The van der Waals surface area contributed by atoms with Gasteiger partial charge in [-0.05, 0) is 17.7 Å². The van der Waals surface area contributed by atoms with Gasteiger partial charge < -0.3 is 5.73 Å². The van der Waals surface area contributed by atoms with Gasteiger partial charge in [-0.3, -0.25) is 14.8 Å². The summed E-state index contributed by atoms with van der Waals surface area (Å²) in [7, 11) is 1.55. The van der Waals surface area contributed by atoms with Gasteiger partial charge in [0.25, 0.3) is 0 Å². The second kappa shape index (κ2) is 6.81. The van der Waals surface area contributed by atoms with E-state index in [1.54, 1.807) is 13.1 Å². The molecule has 4 nitrogen and oxygen atoms in total. The quantitative estimate of drug-likeness (QED) is 0.493. The molecule has 0 aliphatic rings. The van der Waals surface area contributed by atoms with E-state index in [1.807, 2.05) is 18.2 Å². The van der Waals surface area contributed by atoms with Crippen LogP contribution in [0.3, 0.4) is 0 Å². The normalized spacial score (nSPS) is 12.6. The van der Waals surface area contributed by atoms with Crippen molar-refractivity contribution in [2.24, 2.45) is 15.7 Å². The van der Waals surface area contributed by atoms with E-state index in [-0.39, 0.29) is 6.42 Å². The average Bonchev–Trinajstić information content (AvgIpc) is 2.33. The van der Waals surface area contributed by atoms with Crippen LogP contribution in [0.1, 0.15) is 12.0 Å². The van der Waals surface area contributed by atoms with E-state index >= 15 is 0 Å². The van der Waals surface area contributed by atoms with Crippen molar-refractivity contribution in [1.82, 2.24) is 0 Å². The number of hydrogen-bond donors (Lipinski definition) is 1. The highest BCUT2D eigenvalue weighted by Gasteiger charge is 2.00. The highest BCUT2D eigenvalue weighted by molar-refractivity contribution is 6.32. The van der Waals surface area contributed by atoms with Crippen molar-refractivity contribution in [3.8, 4) is 0 Å². The van der Waals surface area contributed by atoms with Crippen molar-refractivity contribution < 1.29 is 4.79 Å². The zero-order chi connectivity index (χ0) is 12.7. The van der Waals surface area contributed by atoms with Gasteiger partial charge in [0.05, 0.1) is 12.3 Å². The van der Waals surface area contributed by atoms with Crippen molar-refractivity contribution >= 4 is 29.4 Å². The lowest BCUT2D eigenvalue weighted by Gasteiger charge is -2.01. The van der Waals surface area contributed by atoms with E-state index in [0.717, 1.165) is 5.56 Å². The van der Waals surface area contributed by atoms with Gasteiger partial charge in [0.1, 0.15) is 5.84 Å². The van der Waals surface area contributed by atoms with E-state index in [4.69, 9.17) is 17.3 Å². The molecule has 0 aliphatic heterocycles. The van der Waals surface area contributed by atoms with Gasteiger partial charge in [-0.15, -0.1) is 0 Å². The number of rotatable bonds is 5. The van der Waals surface area contributed by atoms with Gasteiger partial charge in [0.2, 0.25) is 0 Å². The fourth-order valence-electron chi connectivity index (χ4n) is 1.24. The molecule has 1 aromatic carbocycles. The number of aliphatic imine (C=N–C) groups is 2. The molecule has 0 aliphatic carbocycles. The second-order valence-corrected chi connectivity index (χ2v) is 3.88. The first-order valence-electron chi connectivity index (χ1n) is 5.09. The van der Waals surface area contributed by atoms with Gasteiger partial charge in [0.15, 0.2) is 6.29 Å². The third-order valence-electron chi connectivity index (χ3n) is 2.14. The maximum absolute atomic E-state index is 10.5. The first-order valence-corrected chi connectivity index (χ1v) is 5.47. The zero-order valence-corrected chi connectivity index (χ0v) is 10.3. The van der Waals surface area contributed by atoms with Crippen LogP contribution in [-0.2, 0) is 11.3 Å². The van der Waals surface area contributed by atoms with Gasteiger partial charge in [0, 0.05) is 18.5 Å². The Balaban J connectivity index is 2.62. The number of hydrogen-bond acceptors (Lipinski definition) is 3. The van der Waals surface area contributed by atoms with E-state index in [0.29, 0.717) is 29.4 Å². The Morgan fingerprint density at radius 1 is 1.53 bits per heavy atom. The predicted molar refractivity (Wildman–Crippen MR) is 70.8 cm³/mol. The minimum atomic E-state index is 0.278. The van der Waals surface area contributed by atoms with Crippen LogP contribution in [0, 0.1) is 0 Å². The Kier molecular flexibility index (Phi) is 5.36. The highest BCUT2D eigenvalue weighted by Crippen LogP contribution is 2.11. The molecule has 0 saturated carbocycles. The number of amidine groups is 1. The smallest absolute Gasteiger partial charge is 0.164 e. The number of aldehydes is 1. The molecule has 1 aromatic rings. The van der Waals surface area contributed by atoms with E-state index < -0.39 is 0 Å². The molecule has 2 N–H and O–H groups in total. The molecule has 0 fully saturated rings. The van der Waals surface area contributed by atoms with Crippen LogP contribution >= 0.6 is 11.6 Å². The lowest BCUT2D eigenvalue weighted by Crippen LogP contribution is -2.18. The topological polar surface area (TPSA) is 67.8 Å². The third-order valence-corrected chi connectivity index (χ3v) is 2.37. The minimum absolute atomic E-state index is 0.278. The van der Waals surface area contributed by atoms with Crippen LogP contribution in [0.25, 0.3) is 0 Å². The summed E-state index contributed by atoms with van der Waals surface area (Å²) in [5, 5.41) is 0.667.